The fraction of sp³-hybridized carbons (Fsp3) is 0.406. The van der Waals surface area contributed by atoms with Crippen molar-refractivity contribution in [3.63, 3.8) is 0 Å². The summed E-state index contributed by atoms with van der Waals surface area (Å²) in [6, 6.07) is 19.1. The second kappa shape index (κ2) is 13.3. The maximum Gasteiger partial charge on any atom is 0.206 e. The molecule has 0 atom stereocenters. The Morgan fingerprint density at radius 1 is 0.821 bits per heavy atom. The van der Waals surface area contributed by atoms with E-state index in [9.17, 15) is 13.6 Å². The van der Waals surface area contributed by atoms with Gasteiger partial charge in [-0.25, -0.2) is 8.78 Å². The molecule has 0 saturated carbocycles. The Morgan fingerprint density at radius 2 is 1.36 bits per heavy atom. The van der Waals surface area contributed by atoms with Gasteiger partial charge in [-0.2, -0.15) is 0 Å². The second-order valence-electron chi connectivity index (χ2n) is 10.9. The Labute approximate surface area is 231 Å². The summed E-state index contributed by atoms with van der Waals surface area (Å²) in [5.74, 6) is -0.235. The predicted molar refractivity (Wildman–Crippen MR) is 155 cm³/mol. The fourth-order valence-corrected chi connectivity index (χ4v) is 5.08. The number of hydrogen-bond acceptors (Lipinski definition) is 5. The summed E-state index contributed by atoms with van der Waals surface area (Å²) < 4.78 is 27.3. The summed E-state index contributed by atoms with van der Waals surface area (Å²) in [4.78, 5) is 20.3. The minimum Gasteiger partial charge on any atom is -0.381 e. The van der Waals surface area contributed by atoms with Crippen LogP contribution >= 0.6 is 0 Å². The third-order valence-electron chi connectivity index (χ3n) is 7.40. The van der Waals surface area contributed by atoms with Gasteiger partial charge < -0.3 is 10.2 Å². The quantitative estimate of drug-likeness (QED) is 0.381. The molecule has 0 amide bonds. The second-order valence-corrected chi connectivity index (χ2v) is 10.9. The third-order valence-corrected chi connectivity index (χ3v) is 7.40. The molecule has 3 aromatic rings. The Kier molecular flexibility index (Phi) is 9.83. The van der Waals surface area contributed by atoms with Crippen LogP contribution in [0.2, 0.25) is 0 Å². The molecule has 3 aromatic carbocycles. The number of nitrogens with one attached hydrogen (secondary N) is 1. The standard InChI is InChI=1S/C32H40F2N4O/c1-23(2)26-5-6-27(32(39)30(21-26)35-15-16-36(3)4)22-37-17-19-38(20-18-37)31(24-7-11-28(33)12-8-24)25-9-13-29(34)14-10-25/h5-14,21,23,31H,15-20,22H2,1-4H3,(H,35,39). The van der Waals surface area contributed by atoms with Crippen molar-refractivity contribution in [2.45, 2.75) is 32.4 Å². The summed E-state index contributed by atoms with van der Waals surface area (Å²) in [5.41, 5.74) is 4.59. The molecule has 7 heteroatoms. The van der Waals surface area contributed by atoms with E-state index in [1.807, 2.05) is 26.2 Å². The molecule has 1 heterocycles. The molecule has 1 N–H and O–H groups in total. The van der Waals surface area contributed by atoms with Crippen LogP contribution in [0.5, 0.6) is 0 Å². The van der Waals surface area contributed by atoms with E-state index >= 15 is 0 Å². The van der Waals surface area contributed by atoms with Gasteiger partial charge in [0.2, 0.25) is 5.43 Å². The van der Waals surface area contributed by atoms with E-state index < -0.39 is 0 Å². The molecule has 0 aliphatic carbocycles. The summed E-state index contributed by atoms with van der Waals surface area (Å²) >= 11 is 0. The van der Waals surface area contributed by atoms with Crippen molar-refractivity contribution in [3.05, 3.63) is 111 Å². The average molecular weight is 535 g/mol. The molecule has 0 spiro atoms. The smallest absolute Gasteiger partial charge is 0.206 e. The lowest BCUT2D eigenvalue weighted by atomic mass is 9.96. The van der Waals surface area contributed by atoms with Gasteiger partial charge >= 0.3 is 0 Å². The van der Waals surface area contributed by atoms with Crippen LogP contribution in [0, 0.1) is 11.6 Å². The highest BCUT2D eigenvalue weighted by Gasteiger charge is 2.27. The first kappa shape index (κ1) is 28.9. The van der Waals surface area contributed by atoms with E-state index in [1.165, 1.54) is 24.3 Å². The molecule has 1 fully saturated rings. The van der Waals surface area contributed by atoms with Gasteiger partial charge in [0.1, 0.15) is 11.6 Å². The van der Waals surface area contributed by atoms with Gasteiger partial charge in [-0.3, -0.25) is 14.6 Å². The lowest BCUT2D eigenvalue weighted by Crippen LogP contribution is -2.47. The zero-order valence-corrected chi connectivity index (χ0v) is 23.5. The van der Waals surface area contributed by atoms with Crippen LogP contribution in [-0.2, 0) is 6.54 Å². The Balaban J connectivity index is 1.51. The van der Waals surface area contributed by atoms with Crippen LogP contribution < -0.4 is 10.7 Å². The van der Waals surface area contributed by atoms with Crippen LogP contribution in [0.1, 0.15) is 48.1 Å². The number of likely N-dealkylation sites (N-methyl/N-ethyl adjacent to an activating group) is 1. The molecule has 208 valence electrons. The van der Waals surface area contributed by atoms with Crippen molar-refractivity contribution in [2.24, 2.45) is 0 Å². The van der Waals surface area contributed by atoms with Gasteiger partial charge in [0.15, 0.2) is 0 Å². The summed E-state index contributed by atoms with van der Waals surface area (Å²) in [6.45, 7) is 9.54. The molecule has 1 aliphatic heterocycles. The highest BCUT2D eigenvalue weighted by Crippen LogP contribution is 2.30. The molecule has 0 radical (unpaired) electrons. The minimum absolute atomic E-state index is 0.0542. The Morgan fingerprint density at radius 3 is 1.87 bits per heavy atom. The highest BCUT2D eigenvalue weighted by atomic mass is 19.1. The number of piperazine rings is 1. The number of hydrogen-bond donors (Lipinski definition) is 1. The van der Waals surface area contributed by atoms with Crippen molar-refractivity contribution >= 4 is 5.69 Å². The predicted octanol–water partition coefficient (Wildman–Crippen LogP) is 5.33. The van der Waals surface area contributed by atoms with Gasteiger partial charge in [-0.05, 0) is 67.0 Å². The first-order chi connectivity index (χ1) is 18.7. The van der Waals surface area contributed by atoms with E-state index in [1.54, 1.807) is 24.3 Å². The van der Waals surface area contributed by atoms with E-state index in [0.717, 1.165) is 55.0 Å². The first-order valence-electron chi connectivity index (χ1n) is 13.7. The molecule has 5 nitrogen and oxygen atoms in total. The SMILES string of the molecule is CC(C)c1ccc(CN2CCN(C(c3ccc(F)cc3)c3ccc(F)cc3)CC2)c(=O)c(NCCN(C)C)c1. The van der Waals surface area contributed by atoms with Gasteiger partial charge in [-0.1, -0.05) is 50.2 Å². The minimum atomic E-state index is -0.276. The fourth-order valence-electron chi connectivity index (χ4n) is 5.08. The van der Waals surface area contributed by atoms with Crippen LogP contribution in [0.25, 0.3) is 0 Å². The molecule has 0 bridgehead atoms. The molecule has 0 aromatic heterocycles. The average Bonchev–Trinajstić information content (AvgIpc) is 3.06. The maximum absolute atomic E-state index is 13.7. The van der Waals surface area contributed by atoms with E-state index in [2.05, 4.69) is 39.9 Å². The van der Waals surface area contributed by atoms with Gasteiger partial charge in [-0.15, -0.1) is 0 Å². The monoisotopic (exact) mass is 534 g/mol. The zero-order chi connectivity index (χ0) is 27.9. The number of nitrogens with zero attached hydrogens (tertiary/aromatic N) is 3. The van der Waals surface area contributed by atoms with Crippen LogP contribution in [-0.4, -0.2) is 68.1 Å². The summed E-state index contributed by atoms with van der Waals surface area (Å²) in [5, 5.41) is 3.37. The van der Waals surface area contributed by atoms with Gasteiger partial charge in [0.05, 0.1) is 11.7 Å². The zero-order valence-electron chi connectivity index (χ0n) is 23.5. The van der Waals surface area contributed by atoms with Crippen LogP contribution in [0.3, 0.4) is 0 Å². The van der Waals surface area contributed by atoms with Gasteiger partial charge in [0.25, 0.3) is 0 Å². The number of anilines is 1. The molecular formula is C32H40F2N4O. The van der Waals surface area contributed by atoms with Crippen LogP contribution in [0.4, 0.5) is 14.5 Å². The van der Waals surface area contributed by atoms with Crippen molar-refractivity contribution in [2.75, 3.05) is 58.7 Å². The maximum atomic E-state index is 13.7. The molecular weight excluding hydrogens is 494 g/mol. The molecule has 4 rings (SSSR count). The third kappa shape index (κ3) is 7.72. The van der Waals surface area contributed by atoms with Crippen LogP contribution in [0.15, 0.2) is 71.5 Å². The van der Waals surface area contributed by atoms with Gasteiger partial charge in [0, 0.05) is 51.4 Å². The normalized spacial score (nSPS) is 14.9. The Hall–Kier alpha value is -3.13. The lowest BCUT2D eigenvalue weighted by Gasteiger charge is -2.39. The molecule has 1 aliphatic rings. The van der Waals surface area contributed by atoms with Crippen molar-refractivity contribution in [3.8, 4) is 0 Å². The van der Waals surface area contributed by atoms with E-state index in [0.29, 0.717) is 24.7 Å². The molecule has 1 saturated heterocycles. The number of halogens is 2. The summed E-state index contributed by atoms with van der Waals surface area (Å²) in [7, 11) is 4.04. The molecule has 39 heavy (non-hydrogen) atoms. The van der Waals surface area contributed by atoms with Crippen molar-refractivity contribution in [1.29, 1.82) is 0 Å². The lowest BCUT2D eigenvalue weighted by molar-refractivity contribution is 0.104. The first-order valence-corrected chi connectivity index (χ1v) is 13.7. The largest absolute Gasteiger partial charge is 0.381 e. The van der Waals surface area contributed by atoms with Crippen molar-refractivity contribution in [1.82, 2.24) is 14.7 Å². The van der Waals surface area contributed by atoms with E-state index in [-0.39, 0.29) is 23.1 Å². The Bertz CT molecular complexity index is 1230. The van der Waals surface area contributed by atoms with E-state index in [4.69, 9.17) is 0 Å². The topological polar surface area (TPSA) is 38.8 Å². The highest BCUT2D eigenvalue weighted by molar-refractivity contribution is 5.48. The number of benzene rings is 2. The summed E-state index contributed by atoms with van der Waals surface area (Å²) in [6.07, 6.45) is 0. The number of rotatable bonds is 10. The molecule has 0 unspecified atom stereocenters. The van der Waals surface area contributed by atoms with Crippen molar-refractivity contribution < 1.29 is 8.78 Å².